The molecule has 0 radical (unpaired) electrons. The molecule has 33 heavy (non-hydrogen) atoms. The van der Waals surface area contributed by atoms with Gasteiger partial charge in [0, 0.05) is 12.4 Å². The second-order valence-electron chi connectivity index (χ2n) is 7.46. The van der Waals surface area contributed by atoms with Crippen molar-refractivity contribution < 1.29 is 18.7 Å². The van der Waals surface area contributed by atoms with Crippen molar-refractivity contribution in [2.75, 3.05) is 5.32 Å². The summed E-state index contributed by atoms with van der Waals surface area (Å²) in [7, 11) is 1.70. The number of carbonyl (C=O) groups is 2. The lowest BCUT2D eigenvalue weighted by Crippen LogP contribution is -2.33. The summed E-state index contributed by atoms with van der Waals surface area (Å²) in [5, 5.41) is 3.08. The standard InChI is InChI=1S/C24H21N3O6/c1-14-20(22(29)27(26(14)3)17-10-5-4-6-11-17)25-21(28)15(2)32-23(30)18-13-16-9-7-8-12-19(16)33-24(18)31/h4-13,15H,1-3H3,(H,25,28). The summed E-state index contributed by atoms with van der Waals surface area (Å²) in [6, 6.07) is 17.0. The molecule has 2 aromatic heterocycles. The second kappa shape index (κ2) is 8.62. The number of aromatic nitrogens is 2. The predicted octanol–water partition coefficient (Wildman–Crippen LogP) is 2.77. The van der Waals surface area contributed by atoms with Gasteiger partial charge in [0.2, 0.25) is 0 Å². The third-order valence-corrected chi connectivity index (χ3v) is 5.32. The van der Waals surface area contributed by atoms with Crippen molar-refractivity contribution in [3.63, 3.8) is 0 Å². The summed E-state index contributed by atoms with van der Waals surface area (Å²) in [5.41, 5.74) is -0.0598. The largest absolute Gasteiger partial charge is 0.449 e. The molecule has 1 N–H and O–H groups in total. The van der Waals surface area contributed by atoms with E-state index < -0.39 is 29.2 Å². The van der Waals surface area contributed by atoms with Gasteiger partial charge in [-0.25, -0.2) is 14.3 Å². The molecule has 0 saturated heterocycles. The van der Waals surface area contributed by atoms with Crippen LogP contribution in [0.3, 0.4) is 0 Å². The van der Waals surface area contributed by atoms with Crippen LogP contribution in [0.5, 0.6) is 0 Å². The summed E-state index contributed by atoms with van der Waals surface area (Å²) >= 11 is 0. The Kier molecular flexibility index (Phi) is 5.70. The number of nitrogens with zero attached hydrogens (tertiary/aromatic N) is 2. The zero-order valence-corrected chi connectivity index (χ0v) is 18.2. The summed E-state index contributed by atoms with van der Waals surface area (Å²) in [5.74, 6) is -1.71. The van der Waals surface area contributed by atoms with Crippen molar-refractivity contribution in [3.8, 4) is 5.69 Å². The molecule has 1 atom stereocenters. The van der Waals surface area contributed by atoms with Crippen LogP contribution >= 0.6 is 0 Å². The highest BCUT2D eigenvalue weighted by atomic mass is 16.5. The number of amides is 1. The van der Waals surface area contributed by atoms with Gasteiger partial charge in [-0.05, 0) is 38.1 Å². The van der Waals surface area contributed by atoms with Gasteiger partial charge in [0.1, 0.15) is 16.8 Å². The quantitative estimate of drug-likeness (QED) is 0.372. The molecule has 9 nitrogen and oxygen atoms in total. The van der Waals surface area contributed by atoms with Crippen molar-refractivity contribution in [2.45, 2.75) is 20.0 Å². The monoisotopic (exact) mass is 447 g/mol. The smallest absolute Gasteiger partial charge is 0.351 e. The van der Waals surface area contributed by atoms with Gasteiger partial charge in [-0.15, -0.1) is 0 Å². The van der Waals surface area contributed by atoms with E-state index in [0.29, 0.717) is 22.4 Å². The Bertz CT molecular complexity index is 1480. The third kappa shape index (κ3) is 4.08. The Morgan fingerprint density at radius 1 is 1.03 bits per heavy atom. The topological polar surface area (TPSA) is 113 Å². The van der Waals surface area contributed by atoms with Gasteiger partial charge in [0.15, 0.2) is 6.10 Å². The van der Waals surface area contributed by atoms with E-state index in [1.54, 1.807) is 67.2 Å². The van der Waals surface area contributed by atoms with Crippen LogP contribution in [0.4, 0.5) is 5.69 Å². The molecule has 1 unspecified atom stereocenters. The van der Waals surface area contributed by atoms with Gasteiger partial charge in [-0.2, -0.15) is 0 Å². The number of nitrogens with one attached hydrogen (secondary N) is 1. The molecule has 1 amide bonds. The second-order valence-corrected chi connectivity index (χ2v) is 7.46. The Morgan fingerprint density at radius 3 is 2.42 bits per heavy atom. The maximum atomic E-state index is 12.9. The molecule has 2 aromatic carbocycles. The molecular formula is C24H21N3O6. The van der Waals surface area contributed by atoms with E-state index in [2.05, 4.69) is 5.32 Å². The number of esters is 1. The molecule has 0 bridgehead atoms. The number of hydrogen-bond donors (Lipinski definition) is 1. The number of ether oxygens (including phenoxy) is 1. The average Bonchev–Trinajstić information content (AvgIpc) is 3.02. The highest BCUT2D eigenvalue weighted by Crippen LogP contribution is 2.16. The van der Waals surface area contributed by atoms with Crippen molar-refractivity contribution in [1.82, 2.24) is 9.36 Å². The van der Waals surface area contributed by atoms with Crippen molar-refractivity contribution in [2.24, 2.45) is 7.05 Å². The van der Waals surface area contributed by atoms with Gasteiger partial charge in [0.05, 0.1) is 11.4 Å². The fourth-order valence-corrected chi connectivity index (χ4v) is 3.42. The number of hydrogen-bond acceptors (Lipinski definition) is 6. The van der Waals surface area contributed by atoms with Crippen molar-refractivity contribution >= 4 is 28.5 Å². The fraction of sp³-hybridized carbons (Fsp3) is 0.167. The highest BCUT2D eigenvalue weighted by molar-refractivity contribution is 5.98. The first-order valence-electron chi connectivity index (χ1n) is 10.2. The Morgan fingerprint density at radius 2 is 1.70 bits per heavy atom. The minimum Gasteiger partial charge on any atom is -0.449 e. The molecule has 0 saturated carbocycles. The molecule has 0 aliphatic heterocycles. The third-order valence-electron chi connectivity index (χ3n) is 5.32. The van der Waals surface area contributed by atoms with Crippen LogP contribution in [0.2, 0.25) is 0 Å². The van der Waals surface area contributed by atoms with Crippen LogP contribution < -0.4 is 16.5 Å². The zero-order valence-electron chi connectivity index (χ0n) is 18.2. The predicted molar refractivity (Wildman–Crippen MR) is 122 cm³/mol. The minimum absolute atomic E-state index is 0.0690. The summed E-state index contributed by atoms with van der Waals surface area (Å²) in [6.45, 7) is 3.04. The van der Waals surface area contributed by atoms with Crippen LogP contribution in [0.15, 0.2) is 74.7 Å². The highest BCUT2D eigenvalue weighted by Gasteiger charge is 2.25. The number of para-hydroxylation sites is 2. The van der Waals surface area contributed by atoms with Gasteiger partial charge >= 0.3 is 11.6 Å². The average molecular weight is 447 g/mol. The summed E-state index contributed by atoms with van der Waals surface area (Å²) in [6.07, 6.45) is -1.27. The van der Waals surface area contributed by atoms with Crippen molar-refractivity contribution in [3.05, 3.63) is 92.7 Å². The molecule has 0 aliphatic rings. The van der Waals surface area contributed by atoms with E-state index in [4.69, 9.17) is 9.15 Å². The van der Waals surface area contributed by atoms with Crippen molar-refractivity contribution in [1.29, 1.82) is 0 Å². The lowest BCUT2D eigenvalue weighted by Gasteiger charge is -2.12. The number of benzene rings is 2. The summed E-state index contributed by atoms with van der Waals surface area (Å²) in [4.78, 5) is 50.3. The molecular weight excluding hydrogens is 426 g/mol. The number of anilines is 1. The van der Waals surface area contributed by atoms with Crippen LogP contribution in [-0.2, 0) is 16.6 Å². The maximum Gasteiger partial charge on any atom is 0.351 e. The molecule has 4 rings (SSSR count). The van der Waals surface area contributed by atoms with Crippen LogP contribution in [0.25, 0.3) is 16.7 Å². The molecule has 168 valence electrons. The van der Waals surface area contributed by atoms with E-state index in [-0.39, 0.29) is 11.3 Å². The first-order chi connectivity index (χ1) is 15.8. The van der Waals surface area contributed by atoms with E-state index >= 15 is 0 Å². The molecule has 9 heteroatoms. The molecule has 0 fully saturated rings. The lowest BCUT2D eigenvalue weighted by molar-refractivity contribution is -0.123. The van der Waals surface area contributed by atoms with Gasteiger partial charge in [-0.1, -0.05) is 36.4 Å². The lowest BCUT2D eigenvalue weighted by atomic mass is 10.2. The minimum atomic E-state index is -1.27. The zero-order chi connectivity index (χ0) is 23.7. The normalized spacial score (nSPS) is 11.8. The van der Waals surface area contributed by atoms with Crippen LogP contribution in [0.1, 0.15) is 23.0 Å². The molecule has 0 aliphatic carbocycles. The Hall–Kier alpha value is -4.40. The Labute approximate surface area is 187 Å². The van der Waals surface area contributed by atoms with Gasteiger partial charge in [-0.3, -0.25) is 14.3 Å². The van der Waals surface area contributed by atoms with Crippen LogP contribution in [-0.4, -0.2) is 27.3 Å². The van der Waals surface area contributed by atoms with Gasteiger partial charge < -0.3 is 14.5 Å². The SMILES string of the molecule is Cc1c(NC(=O)C(C)OC(=O)c2cc3ccccc3oc2=O)c(=O)n(-c2ccccc2)n1C. The van der Waals surface area contributed by atoms with Crippen LogP contribution in [0, 0.1) is 6.92 Å². The number of carbonyl (C=O) groups excluding carboxylic acids is 2. The van der Waals surface area contributed by atoms with E-state index in [9.17, 15) is 19.2 Å². The fourth-order valence-electron chi connectivity index (χ4n) is 3.42. The van der Waals surface area contributed by atoms with E-state index in [1.165, 1.54) is 17.7 Å². The maximum absolute atomic E-state index is 12.9. The van der Waals surface area contributed by atoms with E-state index in [0.717, 1.165) is 0 Å². The summed E-state index contributed by atoms with van der Waals surface area (Å²) < 4.78 is 13.3. The first kappa shape index (κ1) is 21.8. The van der Waals surface area contributed by atoms with E-state index in [1.807, 2.05) is 6.07 Å². The molecule has 2 heterocycles. The Balaban J connectivity index is 1.54. The molecule has 0 spiro atoms. The molecule has 4 aromatic rings. The van der Waals surface area contributed by atoms with Gasteiger partial charge in [0.25, 0.3) is 11.5 Å². The first-order valence-corrected chi connectivity index (χ1v) is 10.2. The number of fused-ring (bicyclic) bond motifs is 1. The number of rotatable bonds is 5.